The van der Waals surface area contributed by atoms with Gasteiger partial charge in [-0.1, -0.05) is 31.5 Å². The average molecular weight is 261 g/mol. The summed E-state index contributed by atoms with van der Waals surface area (Å²) < 4.78 is 18.1. The summed E-state index contributed by atoms with van der Waals surface area (Å²) in [5.74, 6) is -0.415. The van der Waals surface area contributed by atoms with E-state index in [1.807, 2.05) is 13.8 Å². The van der Waals surface area contributed by atoms with Gasteiger partial charge in [-0.15, -0.1) is 0 Å². The minimum Gasteiger partial charge on any atom is -0.387 e. The van der Waals surface area contributed by atoms with Gasteiger partial charge in [0, 0.05) is 13.5 Å². The van der Waals surface area contributed by atoms with E-state index in [4.69, 9.17) is 16.3 Å². The molecule has 0 aliphatic carbocycles. The lowest BCUT2D eigenvalue weighted by Gasteiger charge is -2.31. The van der Waals surface area contributed by atoms with Crippen molar-refractivity contribution in [3.8, 4) is 0 Å². The molecule has 1 unspecified atom stereocenters. The SMILES string of the molecule is COCC(O)(Cc1ccc(F)c(Cl)c1)C(C)C. The van der Waals surface area contributed by atoms with Gasteiger partial charge in [0.2, 0.25) is 0 Å². The van der Waals surface area contributed by atoms with Gasteiger partial charge in [-0.25, -0.2) is 4.39 Å². The molecule has 17 heavy (non-hydrogen) atoms. The van der Waals surface area contributed by atoms with E-state index in [0.29, 0.717) is 6.42 Å². The maximum atomic E-state index is 13.0. The smallest absolute Gasteiger partial charge is 0.141 e. The van der Waals surface area contributed by atoms with Gasteiger partial charge in [0.15, 0.2) is 0 Å². The Balaban J connectivity index is 2.90. The van der Waals surface area contributed by atoms with Crippen molar-refractivity contribution in [3.63, 3.8) is 0 Å². The maximum Gasteiger partial charge on any atom is 0.141 e. The van der Waals surface area contributed by atoms with Crippen LogP contribution >= 0.6 is 11.6 Å². The molecule has 0 saturated carbocycles. The molecule has 0 fully saturated rings. The number of hydrogen-bond acceptors (Lipinski definition) is 2. The highest BCUT2D eigenvalue weighted by Crippen LogP contribution is 2.25. The van der Waals surface area contributed by atoms with Crippen LogP contribution in [0.3, 0.4) is 0 Å². The predicted molar refractivity (Wildman–Crippen MR) is 66.8 cm³/mol. The Morgan fingerprint density at radius 2 is 2.12 bits per heavy atom. The first-order valence-electron chi connectivity index (χ1n) is 5.54. The van der Waals surface area contributed by atoms with E-state index in [1.54, 1.807) is 19.2 Å². The molecule has 1 aromatic carbocycles. The van der Waals surface area contributed by atoms with Crippen molar-refractivity contribution in [2.45, 2.75) is 25.9 Å². The fraction of sp³-hybridized carbons (Fsp3) is 0.538. The molecule has 0 heterocycles. The lowest BCUT2D eigenvalue weighted by molar-refractivity contribution is -0.0637. The molecule has 0 aliphatic rings. The van der Waals surface area contributed by atoms with Gasteiger partial charge in [0.05, 0.1) is 17.2 Å². The molecule has 2 nitrogen and oxygen atoms in total. The lowest BCUT2D eigenvalue weighted by atomic mass is 9.85. The maximum absolute atomic E-state index is 13.0. The summed E-state index contributed by atoms with van der Waals surface area (Å²) in [7, 11) is 1.55. The number of hydrogen-bond donors (Lipinski definition) is 1. The molecule has 0 radical (unpaired) electrons. The van der Waals surface area contributed by atoms with Crippen molar-refractivity contribution in [2.24, 2.45) is 5.92 Å². The quantitative estimate of drug-likeness (QED) is 0.882. The number of halogens is 2. The van der Waals surface area contributed by atoms with Crippen LogP contribution in [0.15, 0.2) is 18.2 Å². The highest BCUT2D eigenvalue weighted by Gasteiger charge is 2.31. The van der Waals surface area contributed by atoms with Crippen LogP contribution in [0, 0.1) is 11.7 Å². The number of aliphatic hydroxyl groups is 1. The van der Waals surface area contributed by atoms with Crippen LogP contribution in [0.1, 0.15) is 19.4 Å². The third-order valence-electron chi connectivity index (χ3n) is 2.96. The molecule has 96 valence electrons. The normalized spacial score (nSPS) is 15.0. The Labute approximate surface area is 106 Å². The molecule has 1 rings (SSSR count). The third kappa shape index (κ3) is 3.66. The van der Waals surface area contributed by atoms with E-state index in [1.165, 1.54) is 6.07 Å². The Morgan fingerprint density at radius 1 is 1.47 bits per heavy atom. The molecule has 1 atom stereocenters. The summed E-state index contributed by atoms with van der Waals surface area (Å²) >= 11 is 5.71. The topological polar surface area (TPSA) is 29.5 Å². The van der Waals surface area contributed by atoms with E-state index in [9.17, 15) is 9.50 Å². The van der Waals surface area contributed by atoms with Crippen molar-refractivity contribution in [3.05, 3.63) is 34.6 Å². The van der Waals surface area contributed by atoms with Crippen LogP contribution in [0.4, 0.5) is 4.39 Å². The first-order chi connectivity index (χ1) is 7.89. The lowest BCUT2D eigenvalue weighted by Crippen LogP contribution is -2.42. The van der Waals surface area contributed by atoms with Gasteiger partial charge in [0.1, 0.15) is 5.82 Å². The molecule has 0 saturated heterocycles. The zero-order chi connectivity index (χ0) is 13.1. The molecule has 0 aromatic heterocycles. The van der Waals surface area contributed by atoms with E-state index in [0.717, 1.165) is 5.56 Å². The van der Waals surface area contributed by atoms with E-state index in [-0.39, 0.29) is 17.5 Å². The van der Waals surface area contributed by atoms with Gasteiger partial charge in [-0.3, -0.25) is 0 Å². The fourth-order valence-electron chi connectivity index (χ4n) is 1.67. The second-order valence-corrected chi connectivity index (χ2v) is 5.02. The summed E-state index contributed by atoms with van der Waals surface area (Å²) in [5.41, 5.74) is -0.166. The zero-order valence-electron chi connectivity index (χ0n) is 10.3. The molecular weight excluding hydrogens is 243 g/mol. The summed E-state index contributed by atoms with van der Waals surface area (Å²) in [6.45, 7) is 4.08. The molecular formula is C13H18ClFO2. The van der Waals surface area contributed by atoms with Gasteiger partial charge in [0.25, 0.3) is 0 Å². The van der Waals surface area contributed by atoms with Crippen LogP contribution in [-0.2, 0) is 11.2 Å². The van der Waals surface area contributed by atoms with Crippen LogP contribution in [-0.4, -0.2) is 24.4 Å². The van der Waals surface area contributed by atoms with Crippen molar-refractivity contribution >= 4 is 11.6 Å². The molecule has 0 bridgehead atoms. The molecule has 4 heteroatoms. The van der Waals surface area contributed by atoms with Crippen LogP contribution in [0.5, 0.6) is 0 Å². The Kier molecular flexibility index (Phi) is 4.92. The average Bonchev–Trinajstić information content (AvgIpc) is 2.23. The zero-order valence-corrected chi connectivity index (χ0v) is 11.1. The predicted octanol–water partition coefficient (Wildman–Crippen LogP) is 3.06. The third-order valence-corrected chi connectivity index (χ3v) is 3.25. The van der Waals surface area contributed by atoms with Crippen molar-refractivity contribution < 1.29 is 14.2 Å². The minimum absolute atomic E-state index is 0.0336. The van der Waals surface area contributed by atoms with Crippen LogP contribution in [0.25, 0.3) is 0 Å². The van der Waals surface area contributed by atoms with Gasteiger partial charge >= 0.3 is 0 Å². The summed E-state index contributed by atoms with van der Waals surface area (Å²) in [4.78, 5) is 0. The minimum atomic E-state index is -0.962. The monoisotopic (exact) mass is 260 g/mol. The Morgan fingerprint density at radius 3 is 2.59 bits per heavy atom. The van der Waals surface area contributed by atoms with Crippen LogP contribution < -0.4 is 0 Å². The number of ether oxygens (including phenoxy) is 1. The molecule has 1 N–H and O–H groups in total. The Bertz CT molecular complexity index is 382. The summed E-state index contributed by atoms with van der Waals surface area (Å²) in [6, 6.07) is 4.48. The highest BCUT2D eigenvalue weighted by atomic mass is 35.5. The largest absolute Gasteiger partial charge is 0.387 e. The second-order valence-electron chi connectivity index (χ2n) is 4.62. The standard InChI is InChI=1S/C13H18ClFO2/c1-9(2)13(16,8-17-3)7-10-4-5-12(15)11(14)6-10/h4-6,9,16H,7-8H2,1-3H3. The number of rotatable bonds is 5. The summed E-state index contributed by atoms with van der Waals surface area (Å²) in [5, 5.41) is 10.5. The first kappa shape index (κ1) is 14.4. The molecule has 0 spiro atoms. The first-order valence-corrected chi connectivity index (χ1v) is 5.92. The summed E-state index contributed by atoms with van der Waals surface area (Å²) in [6.07, 6.45) is 0.387. The van der Waals surface area contributed by atoms with E-state index < -0.39 is 11.4 Å². The van der Waals surface area contributed by atoms with Crippen molar-refractivity contribution in [1.82, 2.24) is 0 Å². The molecule has 0 aliphatic heterocycles. The molecule has 0 amide bonds. The van der Waals surface area contributed by atoms with E-state index >= 15 is 0 Å². The Hall–Kier alpha value is -0.640. The van der Waals surface area contributed by atoms with E-state index in [2.05, 4.69) is 0 Å². The van der Waals surface area contributed by atoms with Gasteiger partial charge < -0.3 is 9.84 Å². The second kappa shape index (κ2) is 5.80. The van der Waals surface area contributed by atoms with Crippen molar-refractivity contribution in [2.75, 3.05) is 13.7 Å². The number of methoxy groups -OCH3 is 1. The van der Waals surface area contributed by atoms with Gasteiger partial charge in [-0.2, -0.15) is 0 Å². The fourth-order valence-corrected chi connectivity index (χ4v) is 1.88. The number of benzene rings is 1. The van der Waals surface area contributed by atoms with Crippen molar-refractivity contribution in [1.29, 1.82) is 0 Å². The molecule has 1 aromatic rings. The van der Waals surface area contributed by atoms with Crippen LogP contribution in [0.2, 0.25) is 5.02 Å². The highest BCUT2D eigenvalue weighted by molar-refractivity contribution is 6.30. The van der Waals surface area contributed by atoms with Gasteiger partial charge in [-0.05, 0) is 23.6 Å².